The van der Waals surface area contributed by atoms with Crippen molar-refractivity contribution < 1.29 is 0 Å². The predicted octanol–water partition coefficient (Wildman–Crippen LogP) is 3.86. The molecule has 1 atom stereocenters. The molecular weight excluding hydrogens is 446 g/mol. The van der Waals surface area contributed by atoms with Gasteiger partial charge in [0, 0.05) is 37.2 Å². The molecule has 3 aromatic heterocycles. The maximum Gasteiger partial charge on any atom is 0.330 e. The first-order valence-electron chi connectivity index (χ1n) is 11.6. The fraction of sp³-hybridized carbons (Fsp3) is 0.360. The number of aromatic nitrogens is 5. The highest BCUT2D eigenvalue weighted by atomic mass is 32.1. The number of nitrogens with one attached hydrogen (secondary N) is 1. The van der Waals surface area contributed by atoms with Crippen LogP contribution in [0.2, 0.25) is 0 Å². The monoisotopic (exact) mass is 475 g/mol. The smallest absolute Gasteiger partial charge is 0.330 e. The zero-order valence-corrected chi connectivity index (χ0v) is 20.5. The van der Waals surface area contributed by atoms with Gasteiger partial charge in [0.05, 0.1) is 11.9 Å². The predicted molar refractivity (Wildman–Crippen MR) is 137 cm³/mol. The molecule has 8 nitrogen and oxygen atoms in total. The number of rotatable bonds is 6. The molecule has 176 valence electrons. The summed E-state index contributed by atoms with van der Waals surface area (Å²) in [4.78, 5) is 20.1. The molecular formula is C25H29N7OS. The van der Waals surface area contributed by atoms with Crippen molar-refractivity contribution in [3.8, 4) is 0 Å². The Morgan fingerprint density at radius 2 is 1.94 bits per heavy atom. The Morgan fingerprint density at radius 3 is 2.62 bits per heavy atom. The third-order valence-corrected chi connectivity index (χ3v) is 7.11. The van der Waals surface area contributed by atoms with E-state index in [1.165, 1.54) is 0 Å². The van der Waals surface area contributed by atoms with Crippen molar-refractivity contribution in [2.45, 2.75) is 38.9 Å². The number of fused-ring (bicyclic) bond motifs is 1. The first-order chi connectivity index (χ1) is 16.4. The summed E-state index contributed by atoms with van der Waals surface area (Å²) >= 11 is 5.78. The van der Waals surface area contributed by atoms with Gasteiger partial charge in [-0.05, 0) is 57.1 Å². The van der Waals surface area contributed by atoms with Crippen LogP contribution in [0, 0.1) is 11.6 Å². The van der Waals surface area contributed by atoms with Gasteiger partial charge in [-0.2, -0.15) is 5.10 Å². The van der Waals surface area contributed by atoms with Gasteiger partial charge in [-0.1, -0.05) is 36.5 Å². The molecule has 1 fully saturated rings. The molecule has 0 radical (unpaired) electrons. The van der Waals surface area contributed by atoms with E-state index in [0.717, 1.165) is 47.5 Å². The van der Waals surface area contributed by atoms with Gasteiger partial charge in [-0.3, -0.25) is 14.1 Å². The van der Waals surface area contributed by atoms with Gasteiger partial charge in [-0.25, -0.2) is 9.48 Å². The lowest BCUT2D eigenvalue weighted by atomic mass is 10.2. The average Bonchev–Trinajstić information content (AvgIpc) is 3.40. The summed E-state index contributed by atoms with van der Waals surface area (Å²) in [5.41, 5.74) is 3.40. The highest BCUT2D eigenvalue weighted by Gasteiger charge is 2.25. The van der Waals surface area contributed by atoms with E-state index in [1.54, 1.807) is 16.2 Å². The number of benzene rings is 1. The van der Waals surface area contributed by atoms with E-state index in [1.807, 2.05) is 54.2 Å². The van der Waals surface area contributed by atoms with Crippen LogP contribution in [0.3, 0.4) is 0 Å². The normalized spacial score (nSPS) is 16.4. The molecule has 1 aromatic carbocycles. The van der Waals surface area contributed by atoms with Crippen LogP contribution in [-0.4, -0.2) is 48.4 Å². The van der Waals surface area contributed by atoms with Gasteiger partial charge in [0.15, 0.2) is 5.65 Å². The lowest BCUT2D eigenvalue weighted by Crippen LogP contribution is -2.37. The van der Waals surface area contributed by atoms with Crippen molar-refractivity contribution >= 4 is 34.8 Å². The number of pyridine rings is 1. The van der Waals surface area contributed by atoms with Gasteiger partial charge in [0.25, 0.3) is 0 Å². The second kappa shape index (κ2) is 9.15. The molecule has 1 unspecified atom stereocenters. The fourth-order valence-corrected chi connectivity index (χ4v) is 4.88. The van der Waals surface area contributed by atoms with Crippen LogP contribution in [0.1, 0.15) is 24.1 Å². The Morgan fingerprint density at radius 1 is 1.15 bits per heavy atom. The van der Waals surface area contributed by atoms with Crippen LogP contribution in [0.5, 0.6) is 0 Å². The van der Waals surface area contributed by atoms with Crippen LogP contribution in [-0.2, 0) is 20.1 Å². The Labute approximate surface area is 203 Å². The topological polar surface area (TPSA) is 72.9 Å². The van der Waals surface area contributed by atoms with Gasteiger partial charge < -0.3 is 10.2 Å². The van der Waals surface area contributed by atoms with Crippen molar-refractivity contribution in [1.29, 1.82) is 0 Å². The van der Waals surface area contributed by atoms with Crippen LogP contribution in [0.25, 0.3) is 11.0 Å². The summed E-state index contributed by atoms with van der Waals surface area (Å²) in [6.45, 7) is 4.11. The summed E-state index contributed by atoms with van der Waals surface area (Å²) in [5.74, 6) is 0.774. The second-order valence-electron chi connectivity index (χ2n) is 9.04. The minimum absolute atomic E-state index is 0.134. The number of likely N-dealkylation sites (N-methyl/N-ethyl adjacent to an activating group) is 1. The molecule has 5 rings (SSSR count). The molecule has 4 aromatic rings. The Balaban J connectivity index is 1.70. The molecule has 4 heterocycles. The summed E-state index contributed by atoms with van der Waals surface area (Å²) < 4.78 is 5.72. The van der Waals surface area contributed by atoms with Gasteiger partial charge >= 0.3 is 5.69 Å². The highest BCUT2D eigenvalue weighted by molar-refractivity contribution is 7.71. The third kappa shape index (κ3) is 4.17. The maximum absolute atomic E-state index is 13.3. The van der Waals surface area contributed by atoms with Crippen molar-refractivity contribution in [3.05, 3.63) is 75.0 Å². The van der Waals surface area contributed by atoms with Crippen LogP contribution in [0.15, 0.2) is 53.5 Å². The minimum Gasteiger partial charge on any atom is -0.340 e. The lowest BCUT2D eigenvalue weighted by molar-refractivity contribution is 0.280. The first kappa shape index (κ1) is 22.5. The Bertz CT molecular complexity index is 1440. The zero-order valence-electron chi connectivity index (χ0n) is 19.7. The average molecular weight is 476 g/mol. The van der Waals surface area contributed by atoms with Crippen molar-refractivity contribution in [2.75, 3.05) is 18.9 Å². The van der Waals surface area contributed by atoms with Gasteiger partial charge in [0.1, 0.15) is 10.5 Å². The number of aryl methyl sites for hydroxylation is 1. The first-order valence-corrected chi connectivity index (χ1v) is 12.0. The second-order valence-corrected chi connectivity index (χ2v) is 9.42. The number of likely N-dealkylation sites (tertiary alicyclic amines) is 1. The number of anilines is 2. The summed E-state index contributed by atoms with van der Waals surface area (Å²) in [5, 5.41) is 9.25. The van der Waals surface area contributed by atoms with E-state index >= 15 is 0 Å². The fourth-order valence-electron chi connectivity index (χ4n) is 4.61. The SMILES string of the molecule is Cc1ccc(Cn2nc3c(c2Nc2ccccc2)c(=S)n(C)c(=O)n3CC2CCCN2C)cn1. The zero-order chi connectivity index (χ0) is 23.8. The van der Waals surface area contributed by atoms with Crippen LogP contribution >= 0.6 is 12.2 Å². The van der Waals surface area contributed by atoms with E-state index in [4.69, 9.17) is 17.3 Å². The van der Waals surface area contributed by atoms with Crippen LogP contribution < -0.4 is 11.0 Å². The molecule has 1 N–H and O–H groups in total. The number of para-hydroxylation sites is 1. The largest absolute Gasteiger partial charge is 0.340 e. The van der Waals surface area contributed by atoms with E-state index in [0.29, 0.717) is 29.4 Å². The number of hydrogen-bond acceptors (Lipinski definition) is 6. The third-order valence-electron chi connectivity index (χ3n) is 6.63. The number of hydrogen-bond donors (Lipinski definition) is 1. The quantitative estimate of drug-likeness (QED) is 0.427. The summed E-state index contributed by atoms with van der Waals surface area (Å²) in [6.07, 6.45) is 4.07. The summed E-state index contributed by atoms with van der Waals surface area (Å²) in [7, 11) is 3.86. The van der Waals surface area contributed by atoms with Crippen LogP contribution in [0.4, 0.5) is 11.5 Å². The molecule has 1 saturated heterocycles. The Hall–Kier alpha value is -3.30. The Kier molecular flexibility index (Phi) is 6.05. The molecule has 9 heteroatoms. The number of nitrogens with zero attached hydrogens (tertiary/aromatic N) is 6. The highest BCUT2D eigenvalue weighted by Crippen LogP contribution is 2.28. The summed E-state index contributed by atoms with van der Waals surface area (Å²) in [6, 6.07) is 14.3. The molecule has 0 bridgehead atoms. The molecule has 0 amide bonds. The molecule has 0 spiro atoms. The van der Waals surface area contributed by atoms with E-state index in [9.17, 15) is 4.79 Å². The molecule has 0 aliphatic carbocycles. The van der Waals surface area contributed by atoms with Crippen molar-refractivity contribution in [2.24, 2.45) is 7.05 Å². The molecule has 1 aliphatic heterocycles. The standard InChI is InChI=1S/C25H29N7OS/c1-17-11-12-18(14-26-17)15-32-22(27-19-8-5-4-6-9-19)21-23(28-32)31(25(33)30(3)24(21)34)16-20-10-7-13-29(20)2/h4-6,8-9,11-12,14,20,27H,7,10,13,15-16H2,1-3H3. The molecule has 34 heavy (non-hydrogen) atoms. The molecule has 0 saturated carbocycles. The maximum atomic E-state index is 13.3. The van der Waals surface area contributed by atoms with Crippen molar-refractivity contribution in [1.82, 2.24) is 28.8 Å². The van der Waals surface area contributed by atoms with E-state index in [-0.39, 0.29) is 5.69 Å². The molecule has 1 aliphatic rings. The van der Waals surface area contributed by atoms with E-state index in [2.05, 4.69) is 28.3 Å². The minimum atomic E-state index is -0.134. The van der Waals surface area contributed by atoms with Gasteiger partial charge in [0.2, 0.25) is 0 Å². The van der Waals surface area contributed by atoms with Crippen molar-refractivity contribution in [3.63, 3.8) is 0 Å². The van der Waals surface area contributed by atoms with E-state index < -0.39 is 0 Å². The van der Waals surface area contributed by atoms with Gasteiger partial charge in [-0.15, -0.1) is 0 Å². The lowest BCUT2D eigenvalue weighted by Gasteiger charge is -2.21.